The van der Waals surface area contributed by atoms with Crippen LogP contribution in [0.15, 0.2) is 60.7 Å². The van der Waals surface area contributed by atoms with Crippen molar-refractivity contribution < 1.29 is 27.8 Å². The first-order valence-electron chi connectivity index (χ1n) is 13.1. The van der Waals surface area contributed by atoms with Crippen molar-refractivity contribution in [2.75, 3.05) is 13.7 Å². The number of fused-ring (bicyclic) bond motifs is 1. The molecular weight excluding hydrogens is 562 g/mol. The number of hydrogen-bond acceptors (Lipinski definition) is 7. The molecule has 0 amide bonds. The summed E-state index contributed by atoms with van der Waals surface area (Å²) in [6, 6.07) is 15.9. The lowest BCUT2D eigenvalue weighted by Crippen LogP contribution is -2.31. The van der Waals surface area contributed by atoms with Gasteiger partial charge in [0.05, 0.1) is 37.5 Å². The molecule has 1 aliphatic heterocycles. The summed E-state index contributed by atoms with van der Waals surface area (Å²) in [6.45, 7) is 8.42. The van der Waals surface area contributed by atoms with Gasteiger partial charge >= 0.3 is 5.97 Å². The summed E-state index contributed by atoms with van der Waals surface area (Å²) in [6.07, 6.45) is 0.924. The first kappa shape index (κ1) is 27.5. The van der Waals surface area contributed by atoms with Crippen LogP contribution in [0.1, 0.15) is 33.0 Å². The Morgan fingerprint density at radius 2 is 1.95 bits per heavy atom. The average molecular weight is 587 g/mol. The van der Waals surface area contributed by atoms with Gasteiger partial charge in [-0.2, -0.15) is 0 Å². The van der Waals surface area contributed by atoms with E-state index in [9.17, 15) is 4.79 Å². The zero-order valence-corrected chi connectivity index (χ0v) is 23.3. The van der Waals surface area contributed by atoms with E-state index in [1.807, 2.05) is 4.57 Å². The first-order valence-corrected chi connectivity index (χ1v) is 14.0. The largest absolute Gasteiger partial charge is 0.473 e. The minimum Gasteiger partial charge on any atom is -0.473 e. The van der Waals surface area contributed by atoms with E-state index >= 15 is 8.78 Å². The monoisotopic (exact) mass is 586 g/mol. The molecule has 42 heavy (non-hydrogen) atoms. The van der Waals surface area contributed by atoms with Gasteiger partial charge in [0, 0.05) is 24.7 Å². The zero-order chi connectivity index (χ0) is 29.2. The summed E-state index contributed by atoms with van der Waals surface area (Å²) in [4.78, 5) is 25.5. The van der Waals surface area contributed by atoms with Crippen LogP contribution in [0.4, 0.5) is 14.5 Å². The van der Waals surface area contributed by atoms with E-state index in [1.165, 1.54) is 24.5 Å². The number of halogens is 2. The van der Waals surface area contributed by atoms with Crippen molar-refractivity contribution in [3.05, 3.63) is 106 Å². The molecule has 0 unspecified atom stereocenters. The van der Waals surface area contributed by atoms with Crippen molar-refractivity contribution in [1.82, 2.24) is 14.5 Å². The number of carbonyl (C=O) groups is 1. The molecule has 0 N–H and O–H groups in total. The molecule has 4 heterocycles. The maximum Gasteiger partial charge on any atom is 0.348 e. The van der Waals surface area contributed by atoms with E-state index in [0.29, 0.717) is 34.4 Å². The molecule has 0 radical (unpaired) electrons. The molecule has 8 nitrogen and oxygen atoms in total. The average Bonchev–Trinajstić information content (AvgIpc) is 3.53. The Hall–Kier alpha value is -4.66. The number of imidazole rings is 1. The van der Waals surface area contributed by atoms with E-state index in [0.717, 1.165) is 23.6 Å². The molecule has 2 aromatic carbocycles. The molecule has 0 aliphatic carbocycles. The van der Waals surface area contributed by atoms with Gasteiger partial charge in [0.15, 0.2) is 5.69 Å². The summed E-state index contributed by atoms with van der Waals surface area (Å²) in [7, 11) is 1.32. The standard InChI is InChI=1S/C31H24F2N4O4S/c1-34-20-8-6-18(7-9-20)17-41-29-5-3-4-25(35-29)22-14-23(32)19(12-24(22)33)13-28-36-30-26(15-27(42-30)31(38)39-2)37(28)16-21-10-11-40-21/h3-9,12,14-15,21H,10-11,13,16-17H2,2H3/t21-/m0/s1. The number of ether oxygens (including phenoxy) is 3. The highest BCUT2D eigenvalue weighted by Gasteiger charge is 2.25. The second kappa shape index (κ2) is 11.7. The predicted molar refractivity (Wildman–Crippen MR) is 153 cm³/mol. The molecule has 0 bridgehead atoms. The molecular formula is C31H24F2N4O4S. The van der Waals surface area contributed by atoms with Gasteiger partial charge in [0.25, 0.3) is 0 Å². The molecule has 1 atom stereocenters. The number of thiophene rings is 1. The molecule has 6 rings (SSSR count). The molecule has 1 aliphatic rings. The van der Waals surface area contributed by atoms with Gasteiger partial charge in [-0.3, -0.25) is 0 Å². The fourth-order valence-electron chi connectivity index (χ4n) is 4.69. The number of rotatable bonds is 9. The Kier molecular flexibility index (Phi) is 7.65. The maximum absolute atomic E-state index is 15.4. The molecule has 0 spiro atoms. The Morgan fingerprint density at radius 3 is 2.67 bits per heavy atom. The fraction of sp³-hybridized carbons (Fsp3) is 0.226. The fourth-order valence-corrected chi connectivity index (χ4v) is 5.66. The molecule has 1 saturated heterocycles. The highest BCUT2D eigenvalue weighted by molar-refractivity contribution is 7.20. The van der Waals surface area contributed by atoms with Crippen LogP contribution in [0, 0.1) is 18.2 Å². The van der Waals surface area contributed by atoms with E-state index in [4.69, 9.17) is 20.8 Å². The summed E-state index contributed by atoms with van der Waals surface area (Å²) >= 11 is 1.19. The third kappa shape index (κ3) is 5.59. The number of pyridine rings is 1. The van der Waals surface area contributed by atoms with Gasteiger partial charge in [-0.1, -0.05) is 30.3 Å². The first-order chi connectivity index (χ1) is 20.4. The quantitative estimate of drug-likeness (QED) is 0.141. The minimum atomic E-state index is -0.624. The van der Waals surface area contributed by atoms with Crippen molar-refractivity contribution in [2.24, 2.45) is 0 Å². The molecule has 212 valence electrons. The van der Waals surface area contributed by atoms with Gasteiger partial charge in [-0.25, -0.2) is 28.4 Å². The zero-order valence-electron chi connectivity index (χ0n) is 22.5. The predicted octanol–water partition coefficient (Wildman–Crippen LogP) is 6.73. The van der Waals surface area contributed by atoms with Crippen LogP contribution in [0.25, 0.3) is 26.4 Å². The van der Waals surface area contributed by atoms with Crippen LogP contribution < -0.4 is 4.74 Å². The number of nitrogens with zero attached hydrogens (tertiary/aromatic N) is 4. The van der Waals surface area contributed by atoms with Gasteiger partial charge in [-0.15, -0.1) is 11.3 Å². The molecule has 5 aromatic rings. The van der Waals surface area contributed by atoms with Crippen LogP contribution >= 0.6 is 11.3 Å². The summed E-state index contributed by atoms with van der Waals surface area (Å²) in [5, 5.41) is 0. The second-order valence-corrected chi connectivity index (χ2v) is 10.8. The van der Waals surface area contributed by atoms with Crippen molar-refractivity contribution in [3.8, 4) is 17.1 Å². The highest BCUT2D eigenvalue weighted by atomic mass is 32.1. The Labute approximate surface area is 243 Å². The lowest BCUT2D eigenvalue weighted by Gasteiger charge is -2.27. The topological polar surface area (TPSA) is 79.8 Å². The third-order valence-corrected chi connectivity index (χ3v) is 8.03. The van der Waals surface area contributed by atoms with Crippen molar-refractivity contribution in [2.45, 2.75) is 32.1 Å². The minimum absolute atomic E-state index is 0.00901. The van der Waals surface area contributed by atoms with Crippen molar-refractivity contribution in [3.63, 3.8) is 0 Å². The third-order valence-electron chi connectivity index (χ3n) is 7.03. The number of esters is 1. The van der Waals surface area contributed by atoms with E-state index in [-0.39, 0.29) is 41.8 Å². The van der Waals surface area contributed by atoms with E-state index in [1.54, 1.807) is 48.5 Å². The molecule has 11 heteroatoms. The van der Waals surface area contributed by atoms with Gasteiger partial charge in [-0.05, 0) is 41.8 Å². The number of benzene rings is 2. The lowest BCUT2D eigenvalue weighted by molar-refractivity contribution is -0.0589. The van der Waals surface area contributed by atoms with Crippen LogP contribution in [-0.2, 0) is 29.0 Å². The number of hydrogen-bond donors (Lipinski definition) is 0. The lowest BCUT2D eigenvalue weighted by atomic mass is 10.0. The molecule has 1 fully saturated rings. The van der Waals surface area contributed by atoms with Crippen LogP contribution in [-0.4, -0.2) is 40.3 Å². The van der Waals surface area contributed by atoms with Crippen LogP contribution in [0.2, 0.25) is 0 Å². The highest BCUT2D eigenvalue weighted by Crippen LogP contribution is 2.31. The number of aromatic nitrogens is 3. The van der Waals surface area contributed by atoms with E-state index in [2.05, 4.69) is 14.8 Å². The summed E-state index contributed by atoms with van der Waals surface area (Å²) in [5.74, 6) is -0.856. The van der Waals surface area contributed by atoms with E-state index < -0.39 is 17.6 Å². The van der Waals surface area contributed by atoms with Gasteiger partial charge < -0.3 is 18.8 Å². The maximum atomic E-state index is 15.4. The Balaban J connectivity index is 1.24. The second-order valence-electron chi connectivity index (χ2n) is 9.74. The normalized spacial score (nSPS) is 14.4. The van der Waals surface area contributed by atoms with Crippen molar-refractivity contribution in [1.29, 1.82) is 0 Å². The number of methoxy groups -OCH3 is 1. The number of carbonyl (C=O) groups excluding carboxylic acids is 1. The van der Waals surface area contributed by atoms with Gasteiger partial charge in [0.2, 0.25) is 5.88 Å². The Bertz CT molecular complexity index is 1820. The SMILES string of the molecule is [C-]#[N+]c1ccc(COc2cccc(-c3cc(F)c(Cc4nc5sc(C(=O)OC)cc5n4C[C@@H]4CCO4)cc3F)n2)cc1. The van der Waals surface area contributed by atoms with Crippen LogP contribution in [0.3, 0.4) is 0 Å². The summed E-state index contributed by atoms with van der Waals surface area (Å²) < 4.78 is 48.9. The van der Waals surface area contributed by atoms with Gasteiger partial charge in [0.1, 0.15) is 33.8 Å². The van der Waals surface area contributed by atoms with Crippen LogP contribution in [0.5, 0.6) is 5.88 Å². The smallest absolute Gasteiger partial charge is 0.348 e. The molecule has 0 saturated carbocycles. The summed E-state index contributed by atoms with van der Waals surface area (Å²) in [5.41, 5.74) is 2.50. The van der Waals surface area contributed by atoms with Crippen molar-refractivity contribution >= 4 is 33.3 Å². The molecule has 3 aromatic heterocycles. The Morgan fingerprint density at radius 1 is 1.14 bits per heavy atom.